The van der Waals surface area contributed by atoms with Gasteiger partial charge >= 0.3 is 5.97 Å². The fraction of sp³-hybridized carbons (Fsp3) is 0.909. The lowest BCUT2D eigenvalue weighted by atomic mass is 10.0. The van der Waals surface area contributed by atoms with Crippen molar-refractivity contribution in [1.82, 2.24) is 4.90 Å². The summed E-state index contributed by atoms with van der Waals surface area (Å²) in [7, 11) is 0. The van der Waals surface area contributed by atoms with E-state index in [9.17, 15) is 9.90 Å². The third-order valence-corrected chi connectivity index (χ3v) is 2.76. The molecule has 2 unspecified atom stereocenters. The molecular formula is C11H21NO3. The molecule has 0 bridgehead atoms. The highest BCUT2D eigenvalue weighted by molar-refractivity contribution is 5.73. The number of hydrogen-bond acceptors (Lipinski definition) is 3. The van der Waals surface area contributed by atoms with Crippen molar-refractivity contribution in [3.05, 3.63) is 0 Å². The average molecular weight is 215 g/mol. The third kappa shape index (κ3) is 3.47. The molecule has 4 nitrogen and oxygen atoms in total. The van der Waals surface area contributed by atoms with Gasteiger partial charge in [0, 0.05) is 19.7 Å². The normalized spacial score (nSPS) is 26.3. The van der Waals surface area contributed by atoms with Crippen LogP contribution < -0.4 is 0 Å². The Morgan fingerprint density at radius 1 is 1.53 bits per heavy atom. The van der Waals surface area contributed by atoms with E-state index in [1.54, 1.807) is 0 Å². The summed E-state index contributed by atoms with van der Waals surface area (Å²) in [4.78, 5) is 13.2. The Morgan fingerprint density at radius 3 is 2.73 bits per heavy atom. The molecule has 2 atom stereocenters. The molecule has 1 heterocycles. The summed E-state index contributed by atoms with van der Waals surface area (Å²) >= 11 is 0. The lowest BCUT2D eigenvalue weighted by Gasteiger charge is -2.30. The monoisotopic (exact) mass is 215 g/mol. The van der Waals surface area contributed by atoms with Gasteiger partial charge in [0.15, 0.2) is 0 Å². The molecule has 1 aliphatic rings. The molecule has 4 heteroatoms. The SMILES string of the molecule is CC1CN(C(C(=O)O)C(C)C)CCCO1. The third-order valence-electron chi connectivity index (χ3n) is 2.76. The molecule has 0 aromatic rings. The van der Waals surface area contributed by atoms with E-state index in [1.165, 1.54) is 0 Å². The Morgan fingerprint density at radius 2 is 2.20 bits per heavy atom. The smallest absolute Gasteiger partial charge is 0.321 e. The van der Waals surface area contributed by atoms with Gasteiger partial charge in [-0.05, 0) is 19.3 Å². The Bertz CT molecular complexity index is 218. The molecular weight excluding hydrogens is 194 g/mol. The first-order valence-electron chi connectivity index (χ1n) is 5.61. The number of carbonyl (C=O) groups is 1. The van der Waals surface area contributed by atoms with E-state index in [-0.39, 0.29) is 18.1 Å². The van der Waals surface area contributed by atoms with Crippen molar-refractivity contribution in [2.75, 3.05) is 19.7 Å². The zero-order valence-corrected chi connectivity index (χ0v) is 9.77. The van der Waals surface area contributed by atoms with Crippen molar-refractivity contribution in [3.8, 4) is 0 Å². The van der Waals surface area contributed by atoms with Gasteiger partial charge < -0.3 is 9.84 Å². The Balaban J connectivity index is 2.68. The molecule has 1 rings (SSSR count). The van der Waals surface area contributed by atoms with E-state index >= 15 is 0 Å². The van der Waals surface area contributed by atoms with E-state index in [0.29, 0.717) is 0 Å². The Labute approximate surface area is 91.2 Å². The Hall–Kier alpha value is -0.610. The summed E-state index contributed by atoms with van der Waals surface area (Å²) in [5.41, 5.74) is 0. The zero-order valence-electron chi connectivity index (χ0n) is 9.77. The van der Waals surface area contributed by atoms with Crippen molar-refractivity contribution < 1.29 is 14.6 Å². The van der Waals surface area contributed by atoms with Crippen LogP contribution in [0.2, 0.25) is 0 Å². The number of nitrogens with zero attached hydrogens (tertiary/aromatic N) is 1. The van der Waals surface area contributed by atoms with E-state index in [4.69, 9.17) is 4.74 Å². The van der Waals surface area contributed by atoms with Crippen LogP contribution >= 0.6 is 0 Å². The molecule has 88 valence electrons. The first kappa shape index (κ1) is 12.5. The number of hydrogen-bond donors (Lipinski definition) is 1. The van der Waals surface area contributed by atoms with E-state index < -0.39 is 5.97 Å². The summed E-state index contributed by atoms with van der Waals surface area (Å²) in [5, 5.41) is 9.19. The molecule has 1 N–H and O–H groups in total. The van der Waals surface area contributed by atoms with Crippen LogP contribution in [0.5, 0.6) is 0 Å². The molecule has 0 aromatic heterocycles. The molecule has 0 amide bonds. The van der Waals surface area contributed by atoms with Crippen molar-refractivity contribution in [3.63, 3.8) is 0 Å². The molecule has 1 saturated heterocycles. The summed E-state index contributed by atoms with van der Waals surface area (Å²) in [6.45, 7) is 8.18. The van der Waals surface area contributed by atoms with Crippen LogP contribution in [-0.2, 0) is 9.53 Å². The highest BCUT2D eigenvalue weighted by atomic mass is 16.5. The van der Waals surface area contributed by atoms with E-state index in [0.717, 1.165) is 26.1 Å². The quantitative estimate of drug-likeness (QED) is 0.768. The van der Waals surface area contributed by atoms with Gasteiger partial charge in [-0.2, -0.15) is 0 Å². The second-order valence-electron chi connectivity index (χ2n) is 4.56. The van der Waals surface area contributed by atoms with Crippen LogP contribution in [0, 0.1) is 5.92 Å². The second-order valence-corrected chi connectivity index (χ2v) is 4.56. The van der Waals surface area contributed by atoms with Gasteiger partial charge in [-0.3, -0.25) is 9.69 Å². The molecule has 0 spiro atoms. The minimum Gasteiger partial charge on any atom is -0.480 e. The van der Waals surface area contributed by atoms with Gasteiger partial charge in [0.2, 0.25) is 0 Å². The van der Waals surface area contributed by atoms with Crippen molar-refractivity contribution in [1.29, 1.82) is 0 Å². The summed E-state index contributed by atoms with van der Waals surface area (Å²) in [6, 6.07) is -0.380. The fourth-order valence-corrected chi connectivity index (χ4v) is 2.14. The number of rotatable bonds is 3. The fourth-order valence-electron chi connectivity index (χ4n) is 2.14. The molecule has 0 radical (unpaired) electrons. The highest BCUT2D eigenvalue weighted by Crippen LogP contribution is 2.15. The molecule has 15 heavy (non-hydrogen) atoms. The summed E-state index contributed by atoms with van der Waals surface area (Å²) in [6.07, 6.45) is 1.05. The first-order chi connectivity index (χ1) is 7.02. The van der Waals surface area contributed by atoms with Crippen LogP contribution in [0.25, 0.3) is 0 Å². The van der Waals surface area contributed by atoms with Gasteiger partial charge in [-0.1, -0.05) is 13.8 Å². The lowest BCUT2D eigenvalue weighted by molar-refractivity contribution is -0.145. The summed E-state index contributed by atoms with van der Waals surface area (Å²) in [5.74, 6) is -0.591. The lowest BCUT2D eigenvalue weighted by Crippen LogP contribution is -2.47. The molecule has 0 aliphatic carbocycles. The number of aliphatic carboxylic acids is 1. The number of carboxylic acids is 1. The van der Waals surface area contributed by atoms with Crippen LogP contribution in [0.1, 0.15) is 27.2 Å². The average Bonchev–Trinajstić information content (AvgIpc) is 2.28. The van der Waals surface area contributed by atoms with Gasteiger partial charge in [0.25, 0.3) is 0 Å². The maximum atomic E-state index is 11.2. The number of ether oxygens (including phenoxy) is 1. The van der Waals surface area contributed by atoms with Crippen LogP contribution in [0.15, 0.2) is 0 Å². The van der Waals surface area contributed by atoms with E-state index in [1.807, 2.05) is 25.7 Å². The highest BCUT2D eigenvalue weighted by Gasteiger charge is 2.30. The molecule has 1 aliphatic heterocycles. The van der Waals surface area contributed by atoms with Gasteiger partial charge in [-0.15, -0.1) is 0 Å². The van der Waals surface area contributed by atoms with Crippen molar-refractivity contribution >= 4 is 5.97 Å². The van der Waals surface area contributed by atoms with Crippen molar-refractivity contribution in [2.45, 2.75) is 39.3 Å². The van der Waals surface area contributed by atoms with Gasteiger partial charge in [0.05, 0.1) is 6.10 Å². The minimum absolute atomic E-state index is 0.132. The zero-order chi connectivity index (χ0) is 11.4. The standard InChI is InChI=1S/C11H21NO3/c1-8(2)10(11(13)14)12-5-4-6-15-9(3)7-12/h8-10H,4-7H2,1-3H3,(H,13,14). The molecule has 0 aromatic carbocycles. The predicted octanol–water partition coefficient (Wildman–Crippen LogP) is 1.21. The maximum Gasteiger partial charge on any atom is 0.321 e. The van der Waals surface area contributed by atoms with Crippen LogP contribution in [0.3, 0.4) is 0 Å². The van der Waals surface area contributed by atoms with Crippen LogP contribution in [0.4, 0.5) is 0 Å². The second kappa shape index (κ2) is 5.47. The molecule has 0 saturated carbocycles. The van der Waals surface area contributed by atoms with Gasteiger partial charge in [-0.25, -0.2) is 0 Å². The van der Waals surface area contributed by atoms with E-state index in [2.05, 4.69) is 0 Å². The van der Waals surface area contributed by atoms with Crippen LogP contribution in [-0.4, -0.2) is 47.8 Å². The Kier molecular flexibility index (Phi) is 4.54. The summed E-state index contributed by atoms with van der Waals surface area (Å²) < 4.78 is 5.51. The van der Waals surface area contributed by atoms with Gasteiger partial charge in [0.1, 0.15) is 6.04 Å². The maximum absolute atomic E-state index is 11.2. The topological polar surface area (TPSA) is 49.8 Å². The number of carboxylic acid groups (broad SMARTS) is 1. The van der Waals surface area contributed by atoms with Crippen molar-refractivity contribution in [2.24, 2.45) is 5.92 Å². The largest absolute Gasteiger partial charge is 0.480 e. The first-order valence-corrected chi connectivity index (χ1v) is 5.61. The predicted molar refractivity (Wildman–Crippen MR) is 57.9 cm³/mol. The molecule has 1 fully saturated rings. The minimum atomic E-state index is -0.723.